The maximum absolute atomic E-state index is 12.2. The van der Waals surface area contributed by atoms with Crippen LogP contribution in [0.25, 0.3) is 0 Å². The molecule has 0 saturated carbocycles. The Morgan fingerprint density at radius 1 is 1.41 bits per heavy atom. The van der Waals surface area contributed by atoms with Gasteiger partial charge in [-0.15, -0.1) is 11.3 Å². The lowest BCUT2D eigenvalue weighted by Gasteiger charge is -2.29. The number of thiophene rings is 1. The lowest BCUT2D eigenvalue weighted by molar-refractivity contribution is -0.135. The fourth-order valence-electron chi connectivity index (χ4n) is 2.75. The van der Waals surface area contributed by atoms with Crippen LogP contribution in [0.2, 0.25) is 0 Å². The van der Waals surface area contributed by atoms with Gasteiger partial charge in [0.15, 0.2) is 0 Å². The van der Waals surface area contributed by atoms with Crippen molar-refractivity contribution in [2.75, 3.05) is 26.3 Å². The maximum atomic E-state index is 12.2. The van der Waals surface area contributed by atoms with Crippen molar-refractivity contribution in [2.24, 2.45) is 0 Å². The van der Waals surface area contributed by atoms with E-state index in [0.29, 0.717) is 39.1 Å². The topological polar surface area (TPSA) is 61.8 Å². The van der Waals surface area contributed by atoms with Gasteiger partial charge in [0, 0.05) is 36.5 Å². The number of amides is 1. The van der Waals surface area contributed by atoms with Gasteiger partial charge in [0.1, 0.15) is 0 Å². The van der Waals surface area contributed by atoms with Gasteiger partial charge in [-0.25, -0.2) is 0 Å². The molecule has 2 rings (SSSR count). The van der Waals surface area contributed by atoms with Gasteiger partial charge in [-0.05, 0) is 31.7 Å². The third-order valence-electron chi connectivity index (χ3n) is 3.86. The van der Waals surface area contributed by atoms with Crippen LogP contribution in [0, 0.1) is 0 Å². The Bertz CT molecular complexity index is 446. The standard InChI is InChI=1S/C16H26N2O3S/c1-12(10-14(19)15-4-3-9-22-15)17-13(2)11-16(20)18-5-7-21-8-6-18/h3-4,9,12-14,17,19H,5-8,10-11H2,1-2H3. The highest BCUT2D eigenvalue weighted by molar-refractivity contribution is 7.10. The Balaban J connectivity index is 1.71. The average molecular weight is 326 g/mol. The lowest BCUT2D eigenvalue weighted by atomic mass is 10.1. The molecule has 0 bridgehead atoms. The normalized spacial score (nSPS) is 19.7. The number of morpholine rings is 1. The fourth-order valence-corrected chi connectivity index (χ4v) is 3.47. The van der Waals surface area contributed by atoms with E-state index >= 15 is 0 Å². The second-order valence-electron chi connectivity index (χ2n) is 5.93. The summed E-state index contributed by atoms with van der Waals surface area (Å²) in [7, 11) is 0. The molecule has 124 valence electrons. The second-order valence-corrected chi connectivity index (χ2v) is 6.91. The Hall–Kier alpha value is -0.950. The number of aliphatic hydroxyl groups is 1. The summed E-state index contributed by atoms with van der Waals surface area (Å²) >= 11 is 1.57. The van der Waals surface area contributed by atoms with E-state index in [-0.39, 0.29) is 18.0 Å². The molecule has 0 spiro atoms. The van der Waals surface area contributed by atoms with Crippen LogP contribution in [0.15, 0.2) is 17.5 Å². The van der Waals surface area contributed by atoms with Gasteiger partial charge in [-0.1, -0.05) is 6.07 Å². The van der Waals surface area contributed by atoms with Crippen molar-refractivity contribution in [3.05, 3.63) is 22.4 Å². The van der Waals surface area contributed by atoms with Crippen LogP contribution in [0.1, 0.15) is 37.7 Å². The van der Waals surface area contributed by atoms with Gasteiger partial charge < -0.3 is 20.1 Å². The van der Waals surface area contributed by atoms with Gasteiger partial charge in [-0.3, -0.25) is 4.79 Å². The first-order valence-electron chi connectivity index (χ1n) is 7.89. The number of carbonyl (C=O) groups excluding carboxylic acids is 1. The molecule has 0 radical (unpaired) electrons. The molecule has 6 heteroatoms. The zero-order valence-electron chi connectivity index (χ0n) is 13.3. The first-order valence-corrected chi connectivity index (χ1v) is 8.77. The quantitative estimate of drug-likeness (QED) is 0.802. The van der Waals surface area contributed by atoms with E-state index in [1.54, 1.807) is 11.3 Å². The molecule has 3 atom stereocenters. The van der Waals surface area contributed by atoms with Crippen molar-refractivity contribution in [1.82, 2.24) is 10.2 Å². The van der Waals surface area contributed by atoms with E-state index in [9.17, 15) is 9.90 Å². The Labute approximate surface area is 136 Å². The van der Waals surface area contributed by atoms with Gasteiger partial charge in [0.2, 0.25) is 5.91 Å². The van der Waals surface area contributed by atoms with E-state index in [4.69, 9.17) is 4.74 Å². The molecule has 1 amide bonds. The lowest BCUT2D eigenvalue weighted by Crippen LogP contribution is -2.44. The SMILES string of the molecule is CC(CC(=O)N1CCOCC1)NC(C)CC(O)c1cccs1. The molecular formula is C16H26N2O3S. The first-order chi connectivity index (χ1) is 10.6. The third kappa shape index (κ3) is 5.35. The van der Waals surface area contributed by atoms with E-state index in [1.165, 1.54) is 0 Å². The summed E-state index contributed by atoms with van der Waals surface area (Å²) in [6.45, 7) is 6.73. The van der Waals surface area contributed by atoms with Crippen LogP contribution < -0.4 is 5.32 Å². The molecule has 1 aromatic rings. The smallest absolute Gasteiger partial charge is 0.224 e. The number of hydrogen-bond donors (Lipinski definition) is 2. The monoisotopic (exact) mass is 326 g/mol. The zero-order chi connectivity index (χ0) is 15.9. The minimum Gasteiger partial charge on any atom is -0.388 e. The molecule has 22 heavy (non-hydrogen) atoms. The third-order valence-corrected chi connectivity index (χ3v) is 4.84. The van der Waals surface area contributed by atoms with Gasteiger partial charge >= 0.3 is 0 Å². The molecule has 2 N–H and O–H groups in total. The molecule has 1 aromatic heterocycles. The van der Waals surface area contributed by atoms with Crippen LogP contribution in [-0.4, -0.2) is 54.3 Å². The molecule has 5 nitrogen and oxygen atoms in total. The van der Waals surface area contributed by atoms with E-state index < -0.39 is 6.10 Å². The number of nitrogens with zero attached hydrogens (tertiary/aromatic N) is 1. The summed E-state index contributed by atoms with van der Waals surface area (Å²) in [6, 6.07) is 4.16. The molecule has 0 aliphatic carbocycles. The number of rotatable bonds is 7. The Kier molecular flexibility index (Phi) is 6.82. The zero-order valence-corrected chi connectivity index (χ0v) is 14.1. The highest BCUT2D eigenvalue weighted by Crippen LogP contribution is 2.23. The highest BCUT2D eigenvalue weighted by Gasteiger charge is 2.20. The number of hydrogen-bond acceptors (Lipinski definition) is 5. The maximum Gasteiger partial charge on any atom is 0.224 e. The predicted octanol–water partition coefficient (Wildman–Crippen LogP) is 1.79. The molecule has 1 fully saturated rings. The number of ether oxygens (including phenoxy) is 1. The number of nitrogens with one attached hydrogen (secondary N) is 1. The molecule has 2 heterocycles. The fraction of sp³-hybridized carbons (Fsp3) is 0.688. The predicted molar refractivity (Wildman–Crippen MR) is 88.0 cm³/mol. The van der Waals surface area contributed by atoms with E-state index in [1.807, 2.05) is 36.3 Å². The summed E-state index contributed by atoms with van der Waals surface area (Å²) in [5.74, 6) is 0.175. The second kappa shape index (κ2) is 8.62. The van der Waals surface area contributed by atoms with Crippen molar-refractivity contribution >= 4 is 17.2 Å². The van der Waals surface area contributed by atoms with Crippen LogP contribution in [0.4, 0.5) is 0 Å². The van der Waals surface area contributed by atoms with E-state index in [0.717, 1.165) is 4.88 Å². The van der Waals surface area contributed by atoms with Crippen LogP contribution in [-0.2, 0) is 9.53 Å². The van der Waals surface area contributed by atoms with Gasteiger partial charge in [0.05, 0.1) is 19.3 Å². The Morgan fingerprint density at radius 2 is 2.14 bits per heavy atom. The molecule has 1 aliphatic rings. The van der Waals surface area contributed by atoms with Gasteiger partial charge in [-0.2, -0.15) is 0 Å². The highest BCUT2D eigenvalue weighted by atomic mass is 32.1. The summed E-state index contributed by atoms with van der Waals surface area (Å²) in [5, 5.41) is 15.5. The van der Waals surface area contributed by atoms with Crippen LogP contribution in [0.3, 0.4) is 0 Å². The first kappa shape index (κ1) is 17.4. The summed E-state index contributed by atoms with van der Waals surface area (Å²) in [4.78, 5) is 15.0. The number of aliphatic hydroxyl groups excluding tert-OH is 1. The summed E-state index contributed by atoms with van der Waals surface area (Å²) in [5.41, 5.74) is 0. The molecule has 3 unspecified atom stereocenters. The van der Waals surface area contributed by atoms with Crippen molar-refractivity contribution < 1.29 is 14.6 Å². The largest absolute Gasteiger partial charge is 0.388 e. The molecular weight excluding hydrogens is 300 g/mol. The van der Waals surface area contributed by atoms with E-state index in [2.05, 4.69) is 5.32 Å². The molecule has 0 aromatic carbocycles. The van der Waals surface area contributed by atoms with Crippen LogP contribution in [0.5, 0.6) is 0 Å². The van der Waals surface area contributed by atoms with Crippen LogP contribution >= 0.6 is 11.3 Å². The van der Waals surface area contributed by atoms with Gasteiger partial charge in [0.25, 0.3) is 0 Å². The number of carbonyl (C=O) groups is 1. The van der Waals surface area contributed by atoms with Crippen molar-refractivity contribution in [3.63, 3.8) is 0 Å². The summed E-state index contributed by atoms with van der Waals surface area (Å²) < 4.78 is 5.26. The van der Waals surface area contributed by atoms with Crippen molar-refractivity contribution in [1.29, 1.82) is 0 Å². The minimum absolute atomic E-state index is 0.0980. The molecule has 1 aliphatic heterocycles. The minimum atomic E-state index is -0.440. The van der Waals surface area contributed by atoms with Crippen molar-refractivity contribution in [2.45, 2.75) is 44.9 Å². The van der Waals surface area contributed by atoms with Crippen molar-refractivity contribution in [3.8, 4) is 0 Å². The summed E-state index contributed by atoms with van der Waals surface area (Å²) in [6.07, 6.45) is 0.695. The molecule has 1 saturated heterocycles. The average Bonchev–Trinajstić information content (AvgIpc) is 3.02. The Morgan fingerprint density at radius 3 is 2.77 bits per heavy atom.